The van der Waals surface area contributed by atoms with E-state index in [0.717, 1.165) is 60.4 Å². The van der Waals surface area contributed by atoms with Gasteiger partial charge in [-0.05, 0) is 31.0 Å². The molecule has 1 aromatic heterocycles. The number of benzene rings is 1. The van der Waals surface area contributed by atoms with Gasteiger partial charge < -0.3 is 9.64 Å². The highest BCUT2D eigenvalue weighted by Gasteiger charge is 2.32. The van der Waals surface area contributed by atoms with Crippen LogP contribution < -0.4 is 9.21 Å². The second-order valence-corrected chi connectivity index (χ2v) is 9.27. The van der Waals surface area contributed by atoms with Crippen molar-refractivity contribution in [2.45, 2.75) is 19.4 Å². The number of hydrogen-bond donors (Lipinski definition) is 0. The summed E-state index contributed by atoms with van der Waals surface area (Å²) >= 11 is 1.64. The third-order valence-corrected chi connectivity index (χ3v) is 6.83. The minimum atomic E-state index is -3.25. The van der Waals surface area contributed by atoms with Gasteiger partial charge in [-0.25, -0.2) is 13.4 Å². The summed E-state index contributed by atoms with van der Waals surface area (Å²) in [4.78, 5) is 7.02. The molecule has 1 fully saturated rings. The van der Waals surface area contributed by atoms with E-state index in [2.05, 4.69) is 16.3 Å². The van der Waals surface area contributed by atoms with Crippen molar-refractivity contribution in [3.63, 3.8) is 0 Å². The average molecular weight is 380 g/mol. The summed E-state index contributed by atoms with van der Waals surface area (Å²) in [5.41, 5.74) is 3.84. The molecular formula is C17H21N3O3S2. The van der Waals surface area contributed by atoms with E-state index in [1.807, 2.05) is 19.1 Å². The van der Waals surface area contributed by atoms with Crippen LogP contribution in [-0.4, -0.2) is 52.0 Å². The van der Waals surface area contributed by atoms with Crippen LogP contribution in [0.3, 0.4) is 0 Å². The highest BCUT2D eigenvalue weighted by Crippen LogP contribution is 2.37. The lowest BCUT2D eigenvalue weighted by molar-refractivity contribution is 0.122. The summed E-state index contributed by atoms with van der Waals surface area (Å²) in [6.07, 6.45) is 2.00. The van der Waals surface area contributed by atoms with E-state index >= 15 is 0 Å². The van der Waals surface area contributed by atoms with E-state index in [0.29, 0.717) is 0 Å². The highest BCUT2D eigenvalue weighted by atomic mass is 32.2. The molecule has 2 aromatic rings. The Labute approximate surface area is 152 Å². The van der Waals surface area contributed by atoms with Crippen LogP contribution in [0.4, 0.5) is 10.8 Å². The average Bonchev–Trinajstić information content (AvgIpc) is 3.18. The summed E-state index contributed by atoms with van der Waals surface area (Å²) < 4.78 is 31.0. The first-order valence-electron chi connectivity index (χ1n) is 8.34. The summed E-state index contributed by atoms with van der Waals surface area (Å²) in [5.74, 6) is 0. The minimum absolute atomic E-state index is 0.0420. The molecule has 0 aliphatic carbocycles. The van der Waals surface area contributed by atoms with E-state index in [9.17, 15) is 8.42 Å². The highest BCUT2D eigenvalue weighted by molar-refractivity contribution is 7.92. The predicted molar refractivity (Wildman–Crippen MR) is 101 cm³/mol. The lowest BCUT2D eigenvalue weighted by Gasteiger charge is -2.26. The van der Waals surface area contributed by atoms with Gasteiger partial charge in [-0.2, -0.15) is 0 Å². The molecule has 1 unspecified atom stereocenters. The second kappa shape index (κ2) is 6.26. The largest absolute Gasteiger partial charge is 0.378 e. The van der Waals surface area contributed by atoms with Gasteiger partial charge in [0.25, 0.3) is 0 Å². The fourth-order valence-electron chi connectivity index (χ4n) is 3.56. The van der Waals surface area contributed by atoms with E-state index in [1.54, 1.807) is 11.3 Å². The molecule has 8 heteroatoms. The number of fused-ring (bicyclic) bond motifs is 1. The van der Waals surface area contributed by atoms with Gasteiger partial charge in [0.2, 0.25) is 10.0 Å². The van der Waals surface area contributed by atoms with E-state index in [1.165, 1.54) is 10.6 Å². The van der Waals surface area contributed by atoms with Crippen molar-refractivity contribution in [1.82, 2.24) is 4.98 Å². The molecule has 1 saturated heterocycles. The molecule has 0 amide bonds. The van der Waals surface area contributed by atoms with Crippen LogP contribution in [0.1, 0.15) is 12.5 Å². The van der Waals surface area contributed by atoms with Crippen LogP contribution in [0.15, 0.2) is 23.6 Å². The number of aromatic nitrogens is 1. The van der Waals surface area contributed by atoms with Crippen LogP contribution in [0, 0.1) is 0 Å². The first kappa shape index (κ1) is 16.8. The molecule has 0 radical (unpaired) electrons. The molecule has 0 spiro atoms. The second-order valence-electron chi connectivity index (χ2n) is 6.57. The van der Waals surface area contributed by atoms with Crippen molar-refractivity contribution >= 4 is 32.2 Å². The Kier molecular flexibility index (Phi) is 4.21. The Hall–Kier alpha value is -1.64. The van der Waals surface area contributed by atoms with E-state index in [4.69, 9.17) is 9.72 Å². The molecule has 1 aromatic carbocycles. The number of morpholine rings is 1. The topological polar surface area (TPSA) is 62.7 Å². The number of rotatable bonds is 3. The maximum atomic E-state index is 12.0. The Morgan fingerprint density at radius 2 is 2.04 bits per heavy atom. The number of sulfonamides is 1. The van der Waals surface area contributed by atoms with Crippen molar-refractivity contribution in [2.24, 2.45) is 0 Å². The van der Waals surface area contributed by atoms with Crippen molar-refractivity contribution in [3.8, 4) is 11.3 Å². The summed E-state index contributed by atoms with van der Waals surface area (Å²) in [7, 11) is -3.25. The molecule has 6 nitrogen and oxygen atoms in total. The smallest absolute Gasteiger partial charge is 0.232 e. The molecule has 0 bridgehead atoms. The van der Waals surface area contributed by atoms with Gasteiger partial charge in [0.1, 0.15) is 0 Å². The molecular weight excluding hydrogens is 358 g/mol. The van der Waals surface area contributed by atoms with Crippen LogP contribution in [-0.2, 0) is 21.2 Å². The number of thiazole rings is 1. The maximum Gasteiger partial charge on any atom is 0.232 e. The van der Waals surface area contributed by atoms with Gasteiger partial charge in [-0.15, -0.1) is 11.3 Å². The maximum absolute atomic E-state index is 12.0. The SMILES string of the molecule is CC1Cc2cc(-c3csc(N4CCOCC4)n3)ccc2N1S(C)(=O)=O. The molecule has 0 saturated carbocycles. The molecule has 0 N–H and O–H groups in total. The zero-order valence-corrected chi connectivity index (χ0v) is 15.9. The molecule has 134 valence electrons. The predicted octanol–water partition coefficient (Wildman–Crippen LogP) is 2.36. The van der Waals surface area contributed by atoms with Gasteiger partial charge in [-0.1, -0.05) is 6.07 Å². The Morgan fingerprint density at radius 3 is 2.76 bits per heavy atom. The molecule has 2 aliphatic rings. The molecule has 2 aliphatic heterocycles. The first-order chi connectivity index (χ1) is 11.9. The van der Waals surface area contributed by atoms with Gasteiger partial charge >= 0.3 is 0 Å². The number of ether oxygens (including phenoxy) is 1. The Balaban J connectivity index is 1.63. The first-order valence-corrected chi connectivity index (χ1v) is 11.1. The number of anilines is 2. The molecule has 25 heavy (non-hydrogen) atoms. The fraction of sp³-hybridized carbons (Fsp3) is 0.471. The number of hydrogen-bond acceptors (Lipinski definition) is 6. The fourth-order valence-corrected chi connectivity index (χ4v) is 5.72. The third kappa shape index (κ3) is 3.14. The van der Waals surface area contributed by atoms with Crippen molar-refractivity contribution in [3.05, 3.63) is 29.1 Å². The standard InChI is InChI=1S/C17H21N3O3S2/c1-12-9-14-10-13(3-4-16(14)20(12)25(2,21)22)15-11-24-17(18-15)19-5-7-23-8-6-19/h3-4,10-12H,5-9H2,1-2H3. The molecule has 1 atom stereocenters. The normalized spacial score (nSPS) is 20.8. The van der Waals surface area contributed by atoms with Gasteiger partial charge in [0.15, 0.2) is 5.13 Å². The van der Waals surface area contributed by atoms with Crippen LogP contribution in [0.2, 0.25) is 0 Å². The number of nitrogens with zero attached hydrogens (tertiary/aromatic N) is 3. The van der Waals surface area contributed by atoms with Gasteiger partial charge in [0.05, 0.1) is 30.9 Å². The van der Waals surface area contributed by atoms with Crippen LogP contribution >= 0.6 is 11.3 Å². The Bertz CT molecular complexity index is 888. The zero-order chi connectivity index (χ0) is 17.6. The van der Waals surface area contributed by atoms with Gasteiger partial charge in [0, 0.05) is 30.1 Å². The quantitative estimate of drug-likeness (QED) is 0.819. The molecule has 4 rings (SSSR count). The Morgan fingerprint density at radius 1 is 1.28 bits per heavy atom. The lowest BCUT2D eigenvalue weighted by Crippen LogP contribution is -2.36. The van der Waals surface area contributed by atoms with E-state index < -0.39 is 10.0 Å². The third-order valence-electron chi connectivity index (χ3n) is 4.66. The summed E-state index contributed by atoms with van der Waals surface area (Å²) in [6, 6.07) is 5.91. The van der Waals surface area contributed by atoms with Crippen LogP contribution in [0.25, 0.3) is 11.3 Å². The summed E-state index contributed by atoms with van der Waals surface area (Å²) in [5, 5.41) is 3.09. The van der Waals surface area contributed by atoms with Crippen molar-refractivity contribution in [2.75, 3.05) is 41.8 Å². The van der Waals surface area contributed by atoms with Gasteiger partial charge in [-0.3, -0.25) is 4.31 Å². The van der Waals surface area contributed by atoms with Crippen LogP contribution in [0.5, 0.6) is 0 Å². The summed E-state index contributed by atoms with van der Waals surface area (Å²) in [6.45, 7) is 5.18. The minimum Gasteiger partial charge on any atom is -0.378 e. The van der Waals surface area contributed by atoms with Crippen molar-refractivity contribution in [1.29, 1.82) is 0 Å². The monoisotopic (exact) mass is 379 g/mol. The zero-order valence-electron chi connectivity index (χ0n) is 14.3. The lowest BCUT2D eigenvalue weighted by atomic mass is 10.1. The molecule has 3 heterocycles. The van der Waals surface area contributed by atoms with Crippen molar-refractivity contribution < 1.29 is 13.2 Å². The van der Waals surface area contributed by atoms with E-state index in [-0.39, 0.29) is 6.04 Å².